The Bertz CT molecular complexity index is 538. The summed E-state index contributed by atoms with van der Waals surface area (Å²) in [6.45, 7) is 12.6. The first-order valence-corrected chi connectivity index (χ1v) is 19.3. The fourth-order valence-electron chi connectivity index (χ4n) is 3.51. The Morgan fingerprint density at radius 1 is 0.857 bits per heavy atom. The summed E-state index contributed by atoms with van der Waals surface area (Å²) >= 11 is -2.29. The van der Waals surface area contributed by atoms with Crippen LogP contribution < -0.4 is 4.74 Å². The number of benzene rings is 1. The molecule has 0 fully saturated rings. The SMILES string of the molecule is CCC[CH2][Sn]([CH2]CCC)([CH2]CCC)[CH2]Oc1ccc(C(=O)OC(C)(C)C)cc1. The van der Waals surface area contributed by atoms with Gasteiger partial charge in [0.05, 0.1) is 0 Å². The Balaban J connectivity index is 2.80. The van der Waals surface area contributed by atoms with Crippen LogP contribution in [0.3, 0.4) is 0 Å². The van der Waals surface area contributed by atoms with E-state index in [4.69, 9.17) is 9.47 Å². The zero-order valence-electron chi connectivity index (χ0n) is 19.1. The summed E-state index contributed by atoms with van der Waals surface area (Å²) in [5.41, 5.74) is 0.109. The molecule has 0 heterocycles. The predicted molar refractivity (Wildman–Crippen MR) is 122 cm³/mol. The van der Waals surface area contributed by atoms with Crippen molar-refractivity contribution in [3.63, 3.8) is 0 Å². The molecule has 0 bridgehead atoms. The van der Waals surface area contributed by atoms with E-state index >= 15 is 0 Å². The third-order valence-electron chi connectivity index (χ3n) is 5.22. The van der Waals surface area contributed by atoms with E-state index in [9.17, 15) is 4.79 Å². The third kappa shape index (κ3) is 9.66. The summed E-state index contributed by atoms with van der Waals surface area (Å²) in [6, 6.07) is 7.50. The molecule has 0 saturated carbocycles. The molecule has 1 aromatic carbocycles. The van der Waals surface area contributed by atoms with Gasteiger partial charge < -0.3 is 0 Å². The van der Waals surface area contributed by atoms with Crippen LogP contribution in [0.5, 0.6) is 5.75 Å². The molecule has 0 N–H and O–H groups in total. The van der Waals surface area contributed by atoms with E-state index in [2.05, 4.69) is 20.8 Å². The molecule has 3 nitrogen and oxygen atoms in total. The van der Waals surface area contributed by atoms with Crippen LogP contribution in [-0.4, -0.2) is 34.6 Å². The van der Waals surface area contributed by atoms with Crippen molar-refractivity contribution in [2.24, 2.45) is 0 Å². The second kappa shape index (κ2) is 12.8. The molecule has 28 heavy (non-hydrogen) atoms. The van der Waals surface area contributed by atoms with Gasteiger partial charge in [0, 0.05) is 0 Å². The summed E-state index contributed by atoms with van der Waals surface area (Å²) in [4.78, 5) is 12.2. The molecule has 0 aromatic heterocycles. The molecule has 0 aliphatic heterocycles. The Morgan fingerprint density at radius 2 is 1.32 bits per heavy atom. The van der Waals surface area contributed by atoms with Crippen molar-refractivity contribution in [3.05, 3.63) is 29.8 Å². The van der Waals surface area contributed by atoms with Crippen molar-refractivity contribution in [3.8, 4) is 5.75 Å². The van der Waals surface area contributed by atoms with Crippen LogP contribution in [0.1, 0.15) is 90.4 Å². The number of rotatable bonds is 13. The summed E-state index contributed by atoms with van der Waals surface area (Å²) in [5.74, 6) is 0.610. The molecule has 0 radical (unpaired) electrons. The van der Waals surface area contributed by atoms with E-state index in [1.165, 1.54) is 51.8 Å². The van der Waals surface area contributed by atoms with Gasteiger partial charge in [-0.2, -0.15) is 0 Å². The van der Waals surface area contributed by atoms with Gasteiger partial charge in [0.15, 0.2) is 0 Å². The van der Waals surface area contributed by atoms with Crippen molar-refractivity contribution < 1.29 is 14.3 Å². The van der Waals surface area contributed by atoms with Gasteiger partial charge in [0.2, 0.25) is 0 Å². The minimum absolute atomic E-state index is 0.276. The van der Waals surface area contributed by atoms with E-state index in [1.54, 1.807) is 0 Å². The number of hydrogen-bond acceptors (Lipinski definition) is 3. The Hall–Kier alpha value is -0.711. The maximum absolute atomic E-state index is 12.2. The predicted octanol–water partition coefficient (Wildman–Crippen LogP) is 7.41. The fourth-order valence-corrected chi connectivity index (χ4v) is 17.7. The zero-order chi connectivity index (χ0) is 21.0. The fraction of sp³-hybridized carbons (Fsp3) is 0.708. The second-order valence-corrected chi connectivity index (χ2v) is 22.8. The summed E-state index contributed by atoms with van der Waals surface area (Å²) in [6.07, 6.45) is 7.89. The molecule has 0 atom stereocenters. The summed E-state index contributed by atoms with van der Waals surface area (Å²) < 4.78 is 17.1. The quantitative estimate of drug-likeness (QED) is 0.210. The van der Waals surface area contributed by atoms with Crippen LogP contribution in [0, 0.1) is 0 Å². The first kappa shape index (κ1) is 25.3. The number of hydrogen-bond donors (Lipinski definition) is 0. The van der Waals surface area contributed by atoms with Gasteiger partial charge in [-0.05, 0) is 0 Å². The van der Waals surface area contributed by atoms with Crippen LogP contribution in [-0.2, 0) is 4.74 Å². The zero-order valence-corrected chi connectivity index (χ0v) is 22.0. The molecular weight excluding hydrogens is 455 g/mol. The van der Waals surface area contributed by atoms with E-state index in [1.807, 2.05) is 45.0 Å². The molecule has 0 aliphatic carbocycles. The minimum atomic E-state index is -2.29. The van der Waals surface area contributed by atoms with E-state index in [0.29, 0.717) is 5.56 Å². The van der Waals surface area contributed by atoms with E-state index in [-0.39, 0.29) is 5.97 Å². The summed E-state index contributed by atoms with van der Waals surface area (Å²) in [7, 11) is 0. The first-order valence-electron chi connectivity index (χ1n) is 11.2. The normalized spacial score (nSPS) is 12.1. The van der Waals surface area contributed by atoms with E-state index < -0.39 is 24.0 Å². The van der Waals surface area contributed by atoms with Crippen LogP contribution in [0.15, 0.2) is 24.3 Å². The average Bonchev–Trinajstić information content (AvgIpc) is 2.66. The second-order valence-electron chi connectivity index (χ2n) is 9.13. The molecule has 0 unspecified atom stereocenters. The van der Waals surface area contributed by atoms with Gasteiger partial charge in [0.1, 0.15) is 0 Å². The van der Waals surface area contributed by atoms with Gasteiger partial charge >= 0.3 is 178 Å². The van der Waals surface area contributed by atoms with Crippen molar-refractivity contribution in [1.29, 1.82) is 0 Å². The molecule has 1 rings (SSSR count). The molecule has 0 aliphatic rings. The number of carbonyl (C=O) groups excluding carboxylic acids is 1. The van der Waals surface area contributed by atoms with Gasteiger partial charge in [-0.15, -0.1) is 0 Å². The molecule has 0 saturated heterocycles. The molecule has 0 amide bonds. The standard InChI is InChI=1S/C12H15O3.3C4H9.Sn/c1-12(2,3)15-11(13)9-5-7-10(14-4)8-6-9;3*1-3-4-2;/h5-8H,4H2,1-3H3;3*1,3-4H2,2H3;. The third-order valence-corrected chi connectivity index (χ3v) is 19.5. The first-order chi connectivity index (χ1) is 13.2. The van der Waals surface area contributed by atoms with Crippen LogP contribution in [0.2, 0.25) is 13.3 Å². The van der Waals surface area contributed by atoms with Gasteiger partial charge in [-0.1, -0.05) is 0 Å². The molecule has 0 spiro atoms. The van der Waals surface area contributed by atoms with Crippen LogP contribution >= 0.6 is 0 Å². The Morgan fingerprint density at radius 3 is 1.71 bits per heavy atom. The van der Waals surface area contributed by atoms with Crippen molar-refractivity contribution >= 4 is 24.3 Å². The van der Waals surface area contributed by atoms with Crippen LogP contribution in [0.25, 0.3) is 0 Å². The van der Waals surface area contributed by atoms with E-state index in [0.717, 1.165) is 10.4 Å². The van der Waals surface area contributed by atoms with Crippen LogP contribution in [0.4, 0.5) is 0 Å². The number of esters is 1. The topological polar surface area (TPSA) is 35.5 Å². The monoisotopic (exact) mass is 498 g/mol. The molecule has 160 valence electrons. The number of unbranched alkanes of at least 4 members (excludes halogenated alkanes) is 3. The average molecular weight is 497 g/mol. The van der Waals surface area contributed by atoms with Gasteiger partial charge in [-0.25, -0.2) is 0 Å². The van der Waals surface area contributed by atoms with Crippen molar-refractivity contribution in [2.75, 3.05) is 4.62 Å². The van der Waals surface area contributed by atoms with Crippen molar-refractivity contribution in [2.45, 2.75) is 99.0 Å². The molecular formula is C24H42O3Sn. The number of ether oxygens (including phenoxy) is 2. The Labute approximate surface area is 177 Å². The molecule has 1 aromatic rings. The molecule has 4 heteroatoms. The number of carbonyl (C=O) groups is 1. The summed E-state index contributed by atoms with van der Waals surface area (Å²) in [5, 5.41) is 0. The van der Waals surface area contributed by atoms with Crippen molar-refractivity contribution in [1.82, 2.24) is 0 Å². The van der Waals surface area contributed by atoms with Gasteiger partial charge in [-0.3, -0.25) is 0 Å². The maximum atomic E-state index is 12.2. The Kier molecular flexibility index (Phi) is 11.5. The van der Waals surface area contributed by atoms with Gasteiger partial charge in [0.25, 0.3) is 0 Å².